The average molecular weight is 309 g/mol. The zero-order chi connectivity index (χ0) is 15.6. The van der Waals surface area contributed by atoms with Gasteiger partial charge in [-0.15, -0.1) is 11.3 Å². The molecule has 0 bridgehead atoms. The van der Waals surface area contributed by atoms with E-state index >= 15 is 0 Å². The number of aliphatic carboxylic acids is 1. The van der Waals surface area contributed by atoms with Crippen molar-refractivity contribution < 1.29 is 14.7 Å². The van der Waals surface area contributed by atoms with E-state index in [0.29, 0.717) is 13.0 Å². The van der Waals surface area contributed by atoms with E-state index in [2.05, 4.69) is 13.8 Å². The Morgan fingerprint density at radius 2 is 2.14 bits per heavy atom. The van der Waals surface area contributed by atoms with Crippen LogP contribution in [0.15, 0.2) is 6.07 Å². The molecule has 0 spiro atoms. The molecule has 2 atom stereocenters. The lowest BCUT2D eigenvalue weighted by Gasteiger charge is -2.22. The summed E-state index contributed by atoms with van der Waals surface area (Å²) in [7, 11) is 0. The van der Waals surface area contributed by atoms with Crippen LogP contribution in [-0.4, -0.2) is 34.5 Å². The molecule has 1 fully saturated rings. The summed E-state index contributed by atoms with van der Waals surface area (Å²) >= 11 is 1.58. The molecule has 4 nitrogen and oxygen atoms in total. The molecule has 1 saturated heterocycles. The number of thiophene rings is 1. The van der Waals surface area contributed by atoms with Gasteiger partial charge in [0, 0.05) is 17.5 Å². The number of likely N-dealkylation sites (tertiary alicyclic amines) is 1. The summed E-state index contributed by atoms with van der Waals surface area (Å²) in [5, 5.41) is 9.17. The number of hydrogen-bond acceptors (Lipinski definition) is 3. The van der Waals surface area contributed by atoms with Crippen LogP contribution in [0.2, 0.25) is 0 Å². The molecule has 21 heavy (non-hydrogen) atoms. The Morgan fingerprint density at radius 1 is 1.43 bits per heavy atom. The number of carbonyl (C=O) groups is 2. The van der Waals surface area contributed by atoms with Crippen LogP contribution in [0.1, 0.15) is 53.7 Å². The molecule has 1 aromatic heterocycles. The van der Waals surface area contributed by atoms with Gasteiger partial charge in [0.15, 0.2) is 0 Å². The Bertz CT molecular complexity index is 538. The fraction of sp³-hybridized carbons (Fsp3) is 0.625. The first-order valence-electron chi connectivity index (χ1n) is 7.64. The maximum absolute atomic E-state index is 12.7. The van der Waals surface area contributed by atoms with Gasteiger partial charge in [0.25, 0.3) is 5.91 Å². The van der Waals surface area contributed by atoms with Crippen molar-refractivity contribution in [3.8, 4) is 0 Å². The van der Waals surface area contributed by atoms with Crippen LogP contribution in [0.25, 0.3) is 0 Å². The zero-order valence-electron chi connectivity index (χ0n) is 12.9. The third-order valence-corrected chi connectivity index (χ3v) is 5.52. The van der Waals surface area contributed by atoms with E-state index in [-0.39, 0.29) is 11.9 Å². The molecule has 2 unspecified atom stereocenters. The largest absolute Gasteiger partial charge is 0.481 e. The molecule has 1 aliphatic heterocycles. The number of carboxylic acids is 1. The van der Waals surface area contributed by atoms with Crippen molar-refractivity contribution in [2.45, 2.75) is 52.5 Å². The van der Waals surface area contributed by atoms with Gasteiger partial charge < -0.3 is 10.0 Å². The van der Waals surface area contributed by atoms with E-state index in [1.54, 1.807) is 16.2 Å². The number of amides is 1. The van der Waals surface area contributed by atoms with Gasteiger partial charge in [-0.05, 0) is 37.8 Å². The fourth-order valence-corrected chi connectivity index (χ4v) is 4.32. The standard InChI is InChI=1S/C16H23NO3S/c1-4-6-13-11(5-2)9-14(21-13)15(18)17-8-7-12(10(17)3)16(19)20/h9-10,12H,4-8H2,1-3H3,(H,19,20). The Labute approximate surface area is 129 Å². The van der Waals surface area contributed by atoms with Crippen LogP contribution in [0, 0.1) is 5.92 Å². The van der Waals surface area contributed by atoms with Crippen molar-refractivity contribution in [1.29, 1.82) is 0 Å². The first-order chi connectivity index (χ1) is 9.99. The van der Waals surface area contributed by atoms with E-state index < -0.39 is 11.9 Å². The second-order valence-corrected chi connectivity index (χ2v) is 6.77. The predicted molar refractivity (Wildman–Crippen MR) is 83.9 cm³/mol. The minimum Gasteiger partial charge on any atom is -0.481 e. The van der Waals surface area contributed by atoms with E-state index in [1.807, 2.05) is 13.0 Å². The number of hydrogen-bond donors (Lipinski definition) is 1. The molecule has 2 rings (SSSR count). The summed E-state index contributed by atoms with van der Waals surface area (Å²) in [6.45, 7) is 6.62. The number of carbonyl (C=O) groups excluding carboxylic acids is 1. The third-order valence-electron chi connectivity index (χ3n) is 4.30. The van der Waals surface area contributed by atoms with E-state index in [0.717, 1.165) is 24.1 Å². The highest BCUT2D eigenvalue weighted by molar-refractivity contribution is 7.14. The van der Waals surface area contributed by atoms with Crippen molar-refractivity contribution in [2.24, 2.45) is 5.92 Å². The molecule has 116 valence electrons. The van der Waals surface area contributed by atoms with Gasteiger partial charge in [0.2, 0.25) is 0 Å². The Hall–Kier alpha value is -1.36. The smallest absolute Gasteiger partial charge is 0.308 e. The van der Waals surface area contributed by atoms with E-state index in [4.69, 9.17) is 0 Å². The Kier molecular flexibility index (Phi) is 5.04. The van der Waals surface area contributed by atoms with Crippen LogP contribution in [0.5, 0.6) is 0 Å². The van der Waals surface area contributed by atoms with Gasteiger partial charge in [0.1, 0.15) is 0 Å². The molecular formula is C16H23NO3S. The molecule has 0 aliphatic carbocycles. The zero-order valence-corrected chi connectivity index (χ0v) is 13.7. The van der Waals surface area contributed by atoms with Crippen LogP contribution in [0.3, 0.4) is 0 Å². The lowest BCUT2D eigenvalue weighted by molar-refractivity contribution is -0.142. The van der Waals surface area contributed by atoms with Gasteiger partial charge in [0.05, 0.1) is 10.8 Å². The topological polar surface area (TPSA) is 57.6 Å². The summed E-state index contributed by atoms with van der Waals surface area (Å²) in [6.07, 6.45) is 3.57. The average Bonchev–Trinajstić information content (AvgIpc) is 3.02. The predicted octanol–water partition coefficient (Wildman–Crippen LogP) is 3.20. The summed E-state index contributed by atoms with van der Waals surface area (Å²) in [5.74, 6) is -1.24. The molecule has 0 saturated carbocycles. The highest BCUT2D eigenvalue weighted by Gasteiger charge is 2.38. The van der Waals surface area contributed by atoms with Crippen molar-refractivity contribution >= 4 is 23.2 Å². The normalized spacial score (nSPS) is 21.8. The molecule has 1 aromatic rings. The maximum atomic E-state index is 12.7. The summed E-state index contributed by atoms with van der Waals surface area (Å²) in [4.78, 5) is 27.6. The van der Waals surface area contributed by atoms with Gasteiger partial charge in [-0.3, -0.25) is 9.59 Å². The Morgan fingerprint density at radius 3 is 2.67 bits per heavy atom. The van der Waals surface area contributed by atoms with Gasteiger partial charge in [-0.2, -0.15) is 0 Å². The van der Waals surface area contributed by atoms with Crippen molar-refractivity contribution in [3.63, 3.8) is 0 Å². The number of rotatable bonds is 5. The minimum absolute atomic E-state index is 0.00620. The first-order valence-corrected chi connectivity index (χ1v) is 8.46. The second-order valence-electron chi connectivity index (χ2n) is 5.64. The summed E-state index contributed by atoms with van der Waals surface area (Å²) in [5.41, 5.74) is 1.26. The van der Waals surface area contributed by atoms with Gasteiger partial charge >= 0.3 is 5.97 Å². The molecule has 1 amide bonds. The van der Waals surface area contributed by atoms with Crippen molar-refractivity contribution in [2.75, 3.05) is 6.54 Å². The lowest BCUT2D eigenvalue weighted by Crippen LogP contribution is -2.37. The molecule has 1 aliphatic rings. The Balaban J connectivity index is 2.19. The molecule has 0 aromatic carbocycles. The molecule has 2 heterocycles. The van der Waals surface area contributed by atoms with Crippen LogP contribution in [-0.2, 0) is 17.6 Å². The summed E-state index contributed by atoms with van der Waals surface area (Å²) < 4.78 is 0. The molecule has 0 radical (unpaired) electrons. The third kappa shape index (κ3) is 3.12. The van der Waals surface area contributed by atoms with E-state index in [1.165, 1.54) is 10.4 Å². The highest BCUT2D eigenvalue weighted by atomic mass is 32.1. The van der Waals surface area contributed by atoms with Crippen molar-refractivity contribution in [3.05, 3.63) is 21.4 Å². The molecule has 1 N–H and O–H groups in total. The highest BCUT2D eigenvalue weighted by Crippen LogP contribution is 2.30. The fourth-order valence-electron chi connectivity index (χ4n) is 3.01. The van der Waals surface area contributed by atoms with Crippen LogP contribution < -0.4 is 0 Å². The maximum Gasteiger partial charge on any atom is 0.308 e. The van der Waals surface area contributed by atoms with Crippen LogP contribution in [0.4, 0.5) is 0 Å². The van der Waals surface area contributed by atoms with Gasteiger partial charge in [-0.25, -0.2) is 0 Å². The number of carboxylic acid groups (broad SMARTS) is 1. The minimum atomic E-state index is -0.801. The number of nitrogens with zero attached hydrogens (tertiary/aromatic N) is 1. The first kappa shape index (κ1) is 16.0. The quantitative estimate of drug-likeness (QED) is 0.908. The SMILES string of the molecule is CCCc1sc(C(=O)N2CCC(C(=O)O)C2C)cc1CC. The second kappa shape index (κ2) is 6.60. The van der Waals surface area contributed by atoms with Crippen molar-refractivity contribution in [1.82, 2.24) is 4.90 Å². The monoisotopic (exact) mass is 309 g/mol. The summed E-state index contributed by atoms with van der Waals surface area (Å²) in [6, 6.07) is 1.77. The molecule has 5 heteroatoms. The van der Waals surface area contributed by atoms with Gasteiger partial charge in [-0.1, -0.05) is 20.3 Å². The van der Waals surface area contributed by atoms with E-state index in [9.17, 15) is 14.7 Å². The molecular weight excluding hydrogens is 286 g/mol. The number of aryl methyl sites for hydroxylation is 2. The lowest BCUT2D eigenvalue weighted by atomic mass is 10.0. The van der Waals surface area contributed by atoms with Crippen LogP contribution >= 0.6 is 11.3 Å².